The number of carbonyl (C=O) groups excluding carboxylic acids is 1. The molecule has 0 aliphatic carbocycles. The van der Waals surface area contributed by atoms with Crippen LogP contribution in [0.2, 0.25) is 0 Å². The topological polar surface area (TPSA) is 116 Å². The van der Waals surface area contributed by atoms with E-state index < -0.39 is 0 Å². The van der Waals surface area contributed by atoms with Crippen LogP contribution in [0.5, 0.6) is 0 Å². The van der Waals surface area contributed by atoms with Crippen molar-refractivity contribution < 1.29 is 4.79 Å². The second-order valence-electron chi connectivity index (χ2n) is 7.04. The van der Waals surface area contributed by atoms with Crippen LogP contribution in [0.3, 0.4) is 0 Å². The molecule has 1 amide bonds. The Balaban J connectivity index is 1.79. The van der Waals surface area contributed by atoms with Gasteiger partial charge in [-0.25, -0.2) is 4.98 Å². The van der Waals surface area contributed by atoms with Gasteiger partial charge in [0.05, 0.1) is 5.56 Å². The minimum atomic E-state index is -0.124. The van der Waals surface area contributed by atoms with Gasteiger partial charge in [-0.3, -0.25) is 4.79 Å². The highest BCUT2D eigenvalue weighted by Gasteiger charge is 2.20. The van der Waals surface area contributed by atoms with E-state index in [1.165, 1.54) is 11.8 Å². The van der Waals surface area contributed by atoms with Crippen LogP contribution in [0.4, 0.5) is 11.5 Å². The molecule has 154 valence electrons. The average molecular weight is 428 g/mol. The van der Waals surface area contributed by atoms with Crippen LogP contribution in [0.15, 0.2) is 53.6 Å². The molecule has 0 saturated heterocycles. The molecular weight excluding hydrogens is 406 g/mol. The lowest BCUT2D eigenvalue weighted by atomic mass is 9.97. The van der Waals surface area contributed by atoms with E-state index in [1.807, 2.05) is 62.4 Å². The van der Waals surface area contributed by atoms with Crippen molar-refractivity contribution in [3.63, 3.8) is 0 Å². The van der Waals surface area contributed by atoms with E-state index in [-0.39, 0.29) is 29.3 Å². The normalized spacial score (nSPS) is 10.2. The predicted octanol–water partition coefficient (Wildman–Crippen LogP) is 4.81. The van der Waals surface area contributed by atoms with Gasteiger partial charge in [0.25, 0.3) is 0 Å². The third-order valence-electron chi connectivity index (χ3n) is 4.55. The average Bonchev–Trinajstić information content (AvgIpc) is 2.73. The molecule has 3 aromatic rings. The first-order valence-electron chi connectivity index (χ1n) is 9.63. The minimum Gasteiger partial charge on any atom is -0.383 e. The van der Waals surface area contributed by atoms with Gasteiger partial charge in [-0.2, -0.15) is 10.5 Å². The summed E-state index contributed by atoms with van der Waals surface area (Å²) in [6.07, 6.45) is 0.241. The minimum absolute atomic E-state index is 0.0718. The Morgan fingerprint density at radius 1 is 1.06 bits per heavy atom. The summed E-state index contributed by atoms with van der Waals surface area (Å²) in [5.74, 6) is 0.362. The maximum absolute atomic E-state index is 12.4. The van der Waals surface area contributed by atoms with Crippen LogP contribution < -0.4 is 11.1 Å². The molecule has 0 spiro atoms. The maximum Gasteiger partial charge on any atom is 0.225 e. The van der Waals surface area contributed by atoms with Crippen molar-refractivity contribution in [1.82, 2.24) is 4.98 Å². The number of benzene rings is 2. The molecule has 3 rings (SSSR count). The van der Waals surface area contributed by atoms with E-state index in [1.54, 1.807) is 0 Å². The first-order chi connectivity index (χ1) is 14.9. The van der Waals surface area contributed by atoms with Crippen molar-refractivity contribution in [2.45, 2.75) is 25.3 Å². The Labute approximate surface area is 185 Å². The first-order valence-corrected chi connectivity index (χ1v) is 10.6. The molecule has 0 saturated carbocycles. The number of aryl methyl sites for hydroxylation is 2. The van der Waals surface area contributed by atoms with Crippen molar-refractivity contribution in [3.05, 3.63) is 70.8 Å². The second-order valence-corrected chi connectivity index (χ2v) is 8.12. The Morgan fingerprint density at radius 3 is 2.32 bits per heavy atom. The lowest BCUT2D eigenvalue weighted by Crippen LogP contribution is -2.12. The Kier molecular flexibility index (Phi) is 6.92. The molecule has 0 bridgehead atoms. The zero-order chi connectivity index (χ0) is 22.4. The molecule has 0 fully saturated rings. The lowest BCUT2D eigenvalue weighted by Gasteiger charge is -2.13. The summed E-state index contributed by atoms with van der Waals surface area (Å²) in [4.78, 5) is 16.6. The Hall–Kier alpha value is -3.81. The van der Waals surface area contributed by atoms with E-state index in [4.69, 9.17) is 5.73 Å². The molecule has 0 atom stereocenters. The summed E-state index contributed by atoms with van der Waals surface area (Å²) < 4.78 is 0. The van der Waals surface area contributed by atoms with E-state index >= 15 is 0 Å². The van der Waals surface area contributed by atoms with Gasteiger partial charge in [0, 0.05) is 23.4 Å². The number of nitrogens with two attached hydrogens (primary N) is 1. The highest BCUT2D eigenvalue weighted by atomic mass is 32.2. The molecule has 31 heavy (non-hydrogen) atoms. The second kappa shape index (κ2) is 9.80. The van der Waals surface area contributed by atoms with Gasteiger partial charge in [0.2, 0.25) is 5.91 Å². The summed E-state index contributed by atoms with van der Waals surface area (Å²) >= 11 is 1.28. The molecule has 6 nitrogen and oxygen atoms in total. The molecule has 0 aliphatic heterocycles. The Morgan fingerprint density at radius 2 is 1.71 bits per heavy atom. The molecule has 0 radical (unpaired) electrons. The lowest BCUT2D eigenvalue weighted by molar-refractivity contribution is -0.115. The van der Waals surface area contributed by atoms with Crippen molar-refractivity contribution in [1.29, 1.82) is 10.5 Å². The van der Waals surface area contributed by atoms with Crippen LogP contribution >= 0.6 is 11.8 Å². The third-order valence-corrected chi connectivity index (χ3v) is 5.53. The monoisotopic (exact) mass is 427 g/mol. The molecular formula is C24H21N5OS. The number of aromatic nitrogens is 1. The van der Waals surface area contributed by atoms with Crippen molar-refractivity contribution in [2.24, 2.45) is 0 Å². The van der Waals surface area contributed by atoms with E-state index in [9.17, 15) is 15.3 Å². The number of carbonyl (C=O) groups is 1. The third kappa shape index (κ3) is 5.22. The van der Waals surface area contributed by atoms with Crippen LogP contribution in [-0.2, 0) is 4.79 Å². The number of hydrogen-bond donors (Lipinski definition) is 2. The number of nitrogens with one attached hydrogen (secondary N) is 1. The summed E-state index contributed by atoms with van der Waals surface area (Å²) in [6.45, 7) is 3.96. The van der Waals surface area contributed by atoms with E-state index in [0.717, 1.165) is 22.4 Å². The fraction of sp³-hybridized carbons (Fsp3) is 0.167. The summed E-state index contributed by atoms with van der Waals surface area (Å²) in [7, 11) is 0. The molecule has 3 N–H and O–H groups in total. The standard InChI is InChI=1S/C24H21N5OS/c1-15-10-16(2)12-18(11-15)28-21(30)8-9-31-24-20(14-26)22(17-6-4-3-5-7-17)19(13-25)23(27)29-24/h3-7,10-12H,8-9H2,1-2H3,(H2,27,29)(H,28,30). The van der Waals surface area contributed by atoms with Crippen molar-refractivity contribution >= 4 is 29.2 Å². The fourth-order valence-electron chi connectivity index (χ4n) is 3.31. The highest BCUT2D eigenvalue weighted by Crippen LogP contribution is 2.35. The quantitative estimate of drug-likeness (QED) is 0.545. The van der Waals surface area contributed by atoms with E-state index in [2.05, 4.69) is 22.4 Å². The number of amides is 1. The number of anilines is 2. The van der Waals surface area contributed by atoms with Gasteiger partial charge in [0.1, 0.15) is 28.5 Å². The molecule has 2 aromatic carbocycles. The van der Waals surface area contributed by atoms with Crippen molar-refractivity contribution in [2.75, 3.05) is 16.8 Å². The van der Waals surface area contributed by atoms with Gasteiger partial charge in [0.15, 0.2) is 0 Å². The van der Waals surface area contributed by atoms with Crippen LogP contribution in [-0.4, -0.2) is 16.6 Å². The number of pyridine rings is 1. The number of thioether (sulfide) groups is 1. The number of nitrogen functional groups attached to an aromatic ring is 1. The van der Waals surface area contributed by atoms with Gasteiger partial charge in [-0.05, 0) is 42.7 Å². The Bertz CT molecular complexity index is 1190. The molecule has 1 aromatic heterocycles. The molecule has 0 unspecified atom stereocenters. The summed E-state index contributed by atoms with van der Waals surface area (Å²) in [5, 5.41) is 22.7. The van der Waals surface area contributed by atoms with Crippen molar-refractivity contribution in [3.8, 4) is 23.3 Å². The predicted molar refractivity (Wildman–Crippen MR) is 123 cm³/mol. The van der Waals surface area contributed by atoms with Gasteiger partial charge in [-0.15, -0.1) is 11.8 Å². The number of nitrogens with zero attached hydrogens (tertiary/aromatic N) is 3. The number of hydrogen-bond acceptors (Lipinski definition) is 6. The number of nitriles is 2. The highest BCUT2D eigenvalue weighted by molar-refractivity contribution is 7.99. The van der Waals surface area contributed by atoms with Crippen LogP contribution in [0.1, 0.15) is 28.7 Å². The molecule has 0 aliphatic rings. The fourth-order valence-corrected chi connectivity index (χ4v) is 4.24. The molecule has 7 heteroatoms. The molecule has 1 heterocycles. The first kappa shape index (κ1) is 21.9. The summed E-state index contributed by atoms with van der Waals surface area (Å²) in [5.41, 5.74) is 10.6. The zero-order valence-electron chi connectivity index (χ0n) is 17.3. The zero-order valence-corrected chi connectivity index (χ0v) is 18.1. The summed E-state index contributed by atoms with van der Waals surface area (Å²) in [6, 6.07) is 19.3. The van der Waals surface area contributed by atoms with Gasteiger partial charge >= 0.3 is 0 Å². The smallest absolute Gasteiger partial charge is 0.225 e. The van der Waals surface area contributed by atoms with Crippen LogP contribution in [0.25, 0.3) is 11.1 Å². The number of rotatable bonds is 6. The largest absolute Gasteiger partial charge is 0.383 e. The SMILES string of the molecule is Cc1cc(C)cc(NC(=O)CCSc2nc(N)c(C#N)c(-c3ccccc3)c2C#N)c1. The van der Waals surface area contributed by atoms with E-state index in [0.29, 0.717) is 16.3 Å². The van der Waals surface area contributed by atoms with Crippen LogP contribution in [0, 0.1) is 36.5 Å². The van der Waals surface area contributed by atoms with Gasteiger partial charge < -0.3 is 11.1 Å². The van der Waals surface area contributed by atoms with Gasteiger partial charge in [-0.1, -0.05) is 36.4 Å². The maximum atomic E-state index is 12.4.